The molecule has 152 valence electrons. The maximum absolute atomic E-state index is 14.0. The van der Waals surface area contributed by atoms with Crippen molar-refractivity contribution in [1.82, 2.24) is 24.2 Å². The van der Waals surface area contributed by atoms with Gasteiger partial charge in [-0.1, -0.05) is 5.21 Å². The van der Waals surface area contributed by atoms with Crippen molar-refractivity contribution in [1.29, 1.82) is 0 Å². The topological polar surface area (TPSA) is 88.4 Å². The number of amides is 1. The maximum Gasteiger partial charge on any atom is 0.275 e. The van der Waals surface area contributed by atoms with E-state index in [-0.39, 0.29) is 24.6 Å². The highest BCUT2D eigenvalue weighted by Gasteiger charge is 2.41. The van der Waals surface area contributed by atoms with E-state index >= 15 is 0 Å². The number of hydrogen-bond donors (Lipinski definition) is 0. The summed E-state index contributed by atoms with van der Waals surface area (Å²) in [5.74, 6) is -2.48. The van der Waals surface area contributed by atoms with E-state index in [0.29, 0.717) is 18.2 Å². The van der Waals surface area contributed by atoms with Gasteiger partial charge >= 0.3 is 0 Å². The van der Waals surface area contributed by atoms with Gasteiger partial charge in [-0.25, -0.2) is 21.6 Å². The van der Waals surface area contributed by atoms with Crippen LogP contribution in [0, 0.1) is 11.6 Å². The lowest BCUT2D eigenvalue weighted by Crippen LogP contribution is -2.38. The molecule has 1 fully saturated rings. The van der Waals surface area contributed by atoms with E-state index in [2.05, 4.69) is 10.3 Å². The lowest BCUT2D eigenvalue weighted by Gasteiger charge is -2.23. The summed E-state index contributed by atoms with van der Waals surface area (Å²) in [5.41, 5.74) is 0.0569. The number of carbonyl (C=O) groups is 1. The standard InChI is InChI=1S/C16H18F3N5O3S/c1-22(2)16(25)15-9-23(21-20-15)8-13-4-12(19)7-24(13)28(26,27)14-5-10(17)3-11(18)6-14/h3,5-6,9,12-13H,4,7-8H2,1-2H3/t12-,13-/m0/s1. The predicted octanol–water partition coefficient (Wildman–Crippen LogP) is 1.06. The third kappa shape index (κ3) is 4.02. The fourth-order valence-electron chi connectivity index (χ4n) is 3.04. The fourth-order valence-corrected chi connectivity index (χ4v) is 4.73. The van der Waals surface area contributed by atoms with Gasteiger partial charge in [-0.15, -0.1) is 5.10 Å². The van der Waals surface area contributed by atoms with Crippen molar-refractivity contribution in [2.45, 2.75) is 30.1 Å². The van der Waals surface area contributed by atoms with Crippen LogP contribution < -0.4 is 0 Å². The Morgan fingerprint density at radius 3 is 2.50 bits per heavy atom. The zero-order chi connectivity index (χ0) is 20.6. The largest absolute Gasteiger partial charge is 0.343 e. The van der Waals surface area contributed by atoms with Crippen LogP contribution in [0.1, 0.15) is 16.9 Å². The Balaban J connectivity index is 1.86. The Kier molecular flexibility index (Phi) is 5.44. The first-order valence-electron chi connectivity index (χ1n) is 8.31. The summed E-state index contributed by atoms with van der Waals surface area (Å²) in [6.07, 6.45) is -0.224. The zero-order valence-corrected chi connectivity index (χ0v) is 15.9. The molecule has 2 aromatic rings. The Morgan fingerprint density at radius 2 is 1.89 bits per heavy atom. The highest BCUT2D eigenvalue weighted by Crippen LogP contribution is 2.29. The number of halogens is 3. The summed E-state index contributed by atoms with van der Waals surface area (Å²) in [6, 6.07) is 1.07. The number of aromatic nitrogens is 3. The summed E-state index contributed by atoms with van der Waals surface area (Å²) >= 11 is 0. The molecule has 1 aliphatic heterocycles. The summed E-state index contributed by atoms with van der Waals surface area (Å²) in [5, 5.41) is 7.51. The number of carbonyl (C=O) groups excluding carboxylic acids is 1. The maximum atomic E-state index is 14.0. The lowest BCUT2D eigenvalue weighted by molar-refractivity contribution is 0.0822. The van der Waals surface area contributed by atoms with Crippen LogP contribution in [0.4, 0.5) is 13.2 Å². The number of rotatable bonds is 5. The van der Waals surface area contributed by atoms with E-state index in [4.69, 9.17) is 0 Å². The molecule has 1 aromatic heterocycles. The SMILES string of the molecule is CN(C)C(=O)c1cn(C[C@@H]2C[C@H](F)CN2S(=O)(=O)c2cc(F)cc(F)c2)nn1. The van der Waals surface area contributed by atoms with Crippen LogP contribution in [-0.2, 0) is 16.6 Å². The van der Waals surface area contributed by atoms with Crippen molar-refractivity contribution in [3.05, 3.63) is 41.7 Å². The first kappa shape index (κ1) is 20.3. The van der Waals surface area contributed by atoms with E-state index in [1.165, 1.54) is 15.8 Å². The smallest absolute Gasteiger partial charge is 0.275 e. The Morgan fingerprint density at radius 1 is 1.25 bits per heavy atom. The minimum atomic E-state index is -4.33. The van der Waals surface area contributed by atoms with Gasteiger partial charge in [0.2, 0.25) is 10.0 Å². The molecule has 0 aliphatic carbocycles. The molecular weight excluding hydrogens is 399 g/mol. The second-order valence-electron chi connectivity index (χ2n) is 6.69. The van der Waals surface area contributed by atoms with Gasteiger partial charge in [-0.2, -0.15) is 4.31 Å². The highest BCUT2D eigenvalue weighted by molar-refractivity contribution is 7.89. The van der Waals surface area contributed by atoms with Crippen molar-refractivity contribution in [2.75, 3.05) is 20.6 Å². The third-order valence-corrected chi connectivity index (χ3v) is 6.21. The highest BCUT2D eigenvalue weighted by atomic mass is 32.2. The van der Waals surface area contributed by atoms with E-state index in [9.17, 15) is 26.4 Å². The molecule has 0 radical (unpaired) electrons. The summed E-state index contributed by atoms with van der Waals surface area (Å²) in [4.78, 5) is 12.6. The molecule has 8 nitrogen and oxygen atoms in total. The molecule has 1 aliphatic rings. The molecule has 1 saturated heterocycles. The Bertz CT molecular complexity index is 975. The first-order valence-corrected chi connectivity index (χ1v) is 9.75. The lowest BCUT2D eigenvalue weighted by atomic mass is 10.2. The average molecular weight is 417 g/mol. The third-order valence-electron chi connectivity index (χ3n) is 4.32. The van der Waals surface area contributed by atoms with Crippen molar-refractivity contribution >= 4 is 15.9 Å². The second kappa shape index (κ2) is 7.51. The molecule has 12 heteroatoms. The van der Waals surface area contributed by atoms with Crippen LogP contribution in [0.5, 0.6) is 0 Å². The van der Waals surface area contributed by atoms with Gasteiger partial charge in [0.05, 0.1) is 17.6 Å². The fraction of sp³-hybridized carbons (Fsp3) is 0.438. The molecule has 2 heterocycles. The molecular formula is C16H18F3N5O3S. The summed E-state index contributed by atoms with van der Waals surface area (Å²) < 4.78 is 68.6. The molecule has 0 spiro atoms. The molecule has 3 rings (SSSR count). The molecule has 0 bridgehead atoms. The number of alkyl halides is 1. The van der Waals surface area contributed by atoms with Crippen molar-refractivity contribution in [3.63, 3.8) is 0 Å². The molecule has 0 saturated carbocycles. The minimum absolute atomic E-state index is 0.0569. The van der Waals surface area contributed by atoms with Crippen molar-refractivity contribution in [2.24, 2.45) is 0 Å². The van der Waals surface area contributed by atoms with Crippen LogP contribution in [-0.4, -0.2) is 71.4 Å². The van der Waals surface area contributed by atoms with Gasteiger partial charge < -0.3 is 4.90 Å². The van der Waals surface area contributed by atoms with Crippen LogP contribution in [0.25, 0.3) is 0 Å². The molecule has 0 unspecified atom stereocenters. The van der Waals surface area contributed by atoms with Gasteiger partial charge in [0.15, 0.2) is 5.69 Å². The Labute approximate surface area is 159 Å². The van der Waals surface area contributed by atoms with Crippen molar-refractivity contribution in [3.8, 4) is 0 Å². The minimum Gasteiger partial charge on any atom is -0.343 e. The van der Waals surface area contributed by atoms with Gasteiger partial charge in [0.1, 0.15) is 17.8 Å². The van der Waals surface area contributed by atoms with E-state index in [1.807, 2.05) is 0 Å². The van der Waals surface area contributed by atoms with E-state index in [0.717, 1.165) is 4.31 Å². The molecule has 1 aromatic carbocycles. The number of nitrogens with zero attached hydrogens (tertiary/aromatic N) is 5. The van der Waals surface area contributed by atoms with Gasteiger partial charge in [0, 0.05) is 32.7 Å². The molecule has 28 heavy (non-hydrogen) atoms. The van der Waals surface area contributed by atoms with Gasteiger partial charge in [-0.3, -0.25) is 9.48 Å². The van der Waals surface area contributed by atoms with Crippen LogP contribution >= 0.6 is 0 Å². The second-order valence-corrected chi connectivity index (χ2v) is 8.58. The average Bonchev–Trinajstić information content (AvgIpc) is 3.20. The summed E-state index contributed by atoms with van der Waals surface area (Å²) in [7, 11) is -1.25. The predicted molar refractivity (Wildman–Crippen MR) is 91.6 cm³/mol. The van der Waals surface area contributed by atoms with Gasteiger partial charge in [0.25, 0.3) is 5.91 Å². The number of benzene rings is 1. The normalized spacial score (nSPS) is 20.5. The zero-order valence-electron chi connectivity index (χ0n) is 15.1. The Hall–Kier alpha value is -2.47. The van der Waals surface area contributed by atoms with Crippen LogP contribution in [0.2, 0.25) is 0 Å². The summed E-state index contributed by atoms with van der Waals surface area (Å²) in [6.45, 7) is -0.505. The van der Waals surface area contributed by atoms with E-state index < -0.39 is 45.3 Å². The van der Waals surface area contributed by atoms with Crippen molar-refractivity contribution < 1.29 is 26.4 Å². The number of sulfonamides is 1. The van der Waals surface area contributed by atoms with Crippen LogP contribution in [0.3, 0.4) is 0 Å². The first-order chi connectivity index (χ1) is 13.1. The molecule has 2 atom stereocenters. The van der Waals surface area contributed by atoms with Gasteiger partial charge in [-0.05, 0) is 18.6 Å². The number of hydrogen-bond acceptors (Lipinski definition) is 5. The monoisotopic (exact) mass is 417 g/mol. The quantitative estimate of drug-likeness (QED) is 0.726. The molecule has 0 N–H and O–H groups in total. The molecule has 1 amide bonds. The van der Waals surface area contributed by atoms with E-state index in [1.54, 1.807) is 14.1 Å². The van der Waals surface area contributed by atoms with Crippen LogP contribution in [0.15, 0.2) is 29.3 Å².